The lowest BCUT2D eigenvalue weighted by Crippen LogP contribution is -2.37. The van der Waals surface area contributed by atoms with E-state index in [1.54, 1.807) is 6.20 Å². The summed E-state index contributed by atoms with van der Waals surface area (Å²) in [5.74, 6) is 0.448. The smallest absolute Gasteiger partial charge is 0.139 e. The topological polar surface area (TPSA) is 62.7 Å². The molecule has 0 aliphatic heterocycles. The van der Waals surface area contributed by atoms with Gasteiger partial charge in [0, 0.05) is 16.4 Å². The van der Waals surface area contributed by atoms with E-state index >= 15 is 0 Å². The van der Waals surface area contributed by atoms with Gasteiger partial charge in [-0.05, 0) is 33.6 Å². The van der Waals surface area contributed by atoms with Gasteiger partial charge in [-0.1, -0.05) is 30.3 Å². The molecular weight excluding hydrogens is 322 g/mol. The van der Waals surface area contributed by atoms with Crippen LogP contribution in [0.3, 0.4) is 0 Å². The third-order valence-electron chi connectivity index (χ3n) is 2.65. The Hall–Kier alpha value is -1.35. The van der Waals surface area contributed by atoms with Crippen LogP contribution in [0.5, 0.6) is 0 Å². The highest BCUT2D eigenvalue weighted by molar-refractivity contribution is 9.10. The molecule has 0 spiro atoms. The maximum atomic E-state index is 9.37. The van der Waals surface area contributed by atoms with Crippen LogP contribution in [0.4, 0.5) is 0 Å². The van der Waals surface area contributed by atoms with Crippen LogP contribution in [0.2, 0.25) is 0 Å². The summed E-state index contributed by atoms with van der Waals surface area (Å²) in [5, 5.41) is 10.2. The van der Waals surface area contributed by atoms with Gasteiger partial charge < -0.3 is 5.73 Å². The molecule has 0 amide bonds. The van der Waals surface area contributed by atoms with E-state index in [2.05, 4.69) is 27.0 Å². The number of nitrogens with two attached hydrogens (primary N) is 1. The van der Waals surface area contributed by atoms with Crippen LogP contribution < -0.4 is 5.73 Å². The van der Waals surface area contributed by atoms with E-state index in [0.717, 1.165) is 15.1 Å². The molecule has 96 valence electrons. The molecule has 3 nitrogen and oxygen atoms in total. The number of hydrogen-bond acceptors (Lipinski definition) is 4. The molecule has 0 radical (unpaired) electrons. The van der Waals surface area contributed by atoms with Gasteiger partial charge in [-0.2, -0.15) is 5.26 Å². The molecule has 0 aliphatic rings. The number of thioether (sulfide) groups is 1. The average molecular weight is 334 g/mol. The quantitative estimate of drug-likeness (QED) is 0.872. The fourth-order valence-electron chi connectivity index (χ4n) is 1.58. The van der Waals surface area contributed by atoms with Gasteiger partial charge in [0.1, 0.15) is 10.6 Å². The molecule has 2 rings (SSSR count). The molecule has 1 atom stereocenters. The Morgan fingerprint density at radius 3 is 2.63 bits per heavy atom. The second-order valence-electron chi connectivity index (χ2n) is 4.03. The lowest BCUT2D eigenvalue weighted by Gasteiger charge is -2.21. The summed E-state index contributed by atoms with van der Waals surface area (Å²) in [6.45, 7) is 0. The van der Waals surface area contributed by atoms with Crippen molar-refractivity contribution in [3.05, 3.63) is 58.7 Å². The molecule has 2 N–H and O–H groups in total. The molecule has 5 heteroatoms. The molecule has 0 fully saturated rings. The maximum Gasteiger partial charge on any atom is 0.139 e. The Morgan fingerprint density at radius 2 is 2.00 bits per heavy atom. The van der Waals surface area contributed by atoms with Crippen molar-refractivity contribution in [2.24, 2.45) is 5.73 Å². The van der Waals surface area contributed by atoms with Crippen LogP contribution in [-0.4, -0.2) is 10.7 Å². The monoisotopic (exact) mass is 333 g/mol. The number of hydrogen-bond donors (Lipinski definition) is 1. The minimum atomic E-state index is -1.01. The lowest BCUT2D eigenvalue weighted by molar-refractivity contribution is 0.658. The predicted octanol–water partition coefficient (Wildman–Crippen LogP) is 3.31. The highest BCUT2D eigenvalue weighted by atomic mass is 79.9. The molecule has 2 aromatic rings. The van der Waals surface area contributed by atoms with Crippen molar-refractivity contribution in [1.29, 1.82) is 5.26 Å². The van der Waals surface area contributed by atoms with Crippen molar-refractivity contribution in [3.63, 3.8) is 0 Å². The van der Waals surface area contributed by atoms with Crippen LogP contribution in [0.15, 0.2) is 58.2 Å². The first-order valence-electron chi connectivity index (χ1n) is 5.65. The van der Waals surface area contributed by atoms with Crippen LogP contribution in [0.1, 0.15) is 5.56 Å². The molecule has 0 aliphatic carbocycles. The minimum Gasteiger partial charge on any atom is -0.309 e. The first kappa shape index (κ1) is 14.1. The number of rotatable bonds is 4. The van der Waals surface area contributed by atoms with E-state index in [4.69, 9.17) is 5.73 Å². The second-order valence-corrected chi connectivity index (χ2v) is 5.85. The van der Waals surface area contributed by atoms with Crippen molar-refractivity contribution in [3.8, 4) is 6.07 Å². The van der Waals surface area contributed by atoms with Crippen LogP contribution >= 0.6 is 27.7 Å². The summed E-state index contributed by atoms with van der Waals surface area (Å²) in [5.41, 5.74) is 6.00. The molecule has 1 heterocycles. The van der Waals surface area contributed by atoms with E-state index in [9.17, 15) is 5.26 Å². The minimum absolute atomic E-state index is 0.448. The first-order chi connectivity index (χ1) is 9.15. The van der Waals surface area contributed by atoms with Gasteiger partial charge in [-0.3, -0.25) is 0 Å². The van der Waals surface area contributed by atoms with E-state index in [0.29, 0.717) is 5.75 Å². The second kappa shape index (κ2) is 6.20. The summed E-state index contributed by atoms with van der Waals surface area (Å²) in [7, 11) is 0. The standard InChI is InChI=1S/C14H12BrN3S/c15-12-7-4-8-18-13(12)19-10-14(17,9-16)11-5-2-1-3-6-11/h1-8H,10,17H2. The normalized spacial score (nSPS) is 13.5. The van der Waals surface area contributed by atoms with Crippen molar-refractivity contribution < 1.29 is 0 Å². The summed E-state index contributed by atoms with van der Waals surface area (Å²) >= 11 is 4.90. The molecule has 1 aromatic heterocycles. The number of nitrogens with zero attached hydrogens (tertiary/aromatic N) is 2. The van der Waals surface area contributed by atoms with E-state index in [1.807, 2.05) is 42.5 Å². The maximum absolute atomic E-state index is 9.37. The molecule has 1 unspecified atom stereocenters. The van der Waals surface area contributed by atoms with Gasteiger partial charge in [0.05, 0.1) is 6.07 Å². The Bertz CT molecular complexity index is 597. The summed E-state index contributed by atoms with van der Waals surface area (Å²) in [6, 6.07) is 15.4. The van der Waals surface area contributed by atoms with Gasteiger partial charge in [0.2, 0.25) is 0 Å². The van der Waals surface area contributed by atoms with Crippen LogP contribution in [-0.2, 0) is 5.54 Å². The zero-order valence-corrected chi connectivity index (χ0v) is 12.5. The lowest BCUT2D eigenvalue weighted by atomic mass is 9.95. The Balaban J connectivity index is 2.17. The van der Waals surface area contributed by atoms with Crippen molar-refractivity contribution in [1.82, 2.24) is 4.98 Å². The summed E-state index contributed by atoms with van der Waals surface area (Å²) in [4.78, 5) is 4.26. The van der Waals surface area contributed by atoms with Crippen molar-refractivity contribution >= 4 is 27.7 Å². The highest BCUT2D eigenvalue weighted by Crippen LogP contribution is 2.30. The molecular formula is C14H12BrN3S. The first-order valence-corrected chi connectivity index (χ1v) is 7.42. The Morgan fingerprint density at radius 1 is 1.26 bits per heavy atom. The predicted molar refractivity (Wildman–Crippen MR) is 80.6 cm³/mol. The van der Waals surface area contributed by atoms with Crippen LogP contribution in [0.25, 0.3) is 0 Å². The van der Waals surface area contributed by atoms with Crippen molar-refractivity contribution in [2.45, 2.75) is 10.6 Å². The zero-order chi connectivity index (χ0) is 13.7. The van der Waals surface area contributed by atoms with Gasteiger partial charge in [-0.25, -0.2) is 4.98 Å². The largest absolute Gasteiger partial charge is 0.309 e. The molecule has 1 aromatic carbocycles. The third-order valence-corrected chi connectivity index (χ3v) is 4.75. The summed E-state index contributed by atoms with van der Waals surface area (Å²) in [6.07, 6.45) is 1.72. The molecule has 0 saturated carbocycles. The fourth-order valence-corrected chi connectivity index (χ4v) is 3.11. The van der Waals surface area contributed by atoms with Gasteiger partial charge >= 0.3 is 0 Å². The highest BCUT2D eigenvalue weighted by Gasteiger charge is 2.27. The SMILES string of the molecule is N#CC(N)(CSc1ncccc1Br)c1ccccc1. The Labute approximate surface area is 125 Å². The fraction of sp³-hybridized carbons (Fsp3) is 0.143. The zero-order valence-electron chi connectivity index (χ0n) is 10.1. The van der Waals surface area contributed by atoms with E-state index < -0.39 is 5.54 Å². The molecule has 19 heavy (non-hydrogen) atoms. The number of halogens is 1. The average Bonchev–Trinajstić information content (AvgIpc) is 2.47. The number of nitriles is 1. The van der Waals surface area contributed by atoms with Gasteiger partial charge in [0.15, 0.2) is 0 Å². The number of aromatic nitrogens is 1. The number of benzene rings is 1. The molecule has 0 saturated heterocycles. The number of pyridine rings is 1. The van der Waals surface area contributed by atoms with E-state index in [-0.39, 0.29) is 0 Å². The molecule has 0 bridgehead atoms. The Kier molecular flexibility index (Phi) is 4.59. The van der Waals surface area contributed by atoms with Gasteiger partial charge in [0.25, 0.3) is 0 Å². The van der Waals surface area contributed by atoms with Crippen molar-refractivity contribution in [2.75, 3.05) is 5.75 Å². The van der Waals surface area contributed by atoms with Gasteiger partial charge in [-0.15, -0.1) is 11.8 Å². The van der Waals surface area contributed by atoms with Crippen LogP contribution in [0, 0.1) is 11.3 Å². The summed E-state index contributed by atoms with van der Waals surface area (Å²) < 4.78 is 0.911. The van der Waals surface area contributed by atoms with E-state index in [1.165, 1.54) is 11.8 Å². The third kappa shape index (κ3) is 3.35.